The highest BCUT2D eigenvalue weighted by molar-refractivity contribution is 9.09. The van der Waals surface area contributed by atoms with Gasteiger partial charge in [0.15, 0.2) is 0 Å². The van der Waals surface area contributed by atoms with E-state index in [1.807, 2.05) is 0 Å². The van der Waals surface area contributed by atoms with E-state index in [1.165, 1.54) is 59.1 Å². The van der Waals surface area contributed by atoms with E-state index in [2.05, 4.69) is 146 Å². The fraction of sp³-hybridized carbons (Fsp3) is 0.389. The third kappa shape index (κ3) is 7.46. The highest BCUT2D eigenvalue weighted by atomic mass is 79.9. The van der Waals surface area contributed by atoms with Crippen molar-refractivity contribution in [2.75, 3.05) is 5.33 Å². The molecule has 1 atom stereocenters. The number of rotatable bonds is 7. The summed E-state index contributed by atoms with van der Waals surface area (Å²) in [6.45, 7) is 16.3. The average molecular weight is 612 g/mol. The molecule has 1 aliphatic carbocycles. The summed E-state index contributed by atoms with van der Waals surface area (Å²) in [5, 5.41) is 1.10. The summed E-state index contributed by atoms with van der Waals surface area (Å²) in [5.41, 5.74) is 17.6. The van der Waals surface area contributed by atoms with E-state index in [0.29, 0.717) is 0 Å². The molecule has 0 bridgehead atoms. The van der Waals surface area contributed by atoms with Crippen LogP contribution in [0.15, 0.2) is 60.7 Å². The standard InChI is InChI=1S/C36H43BrSi2/c1-36(22-10-8-9-11-23-37)34-26-29(21-25-39(5,6)7)14-18-32(34)33-19-17-31(27-35(33)36)30-15-12-28(13-16-30)20-24-38(2,3)4/h12-19,26-27H,8-11,22-23H2,1-7H3. The van der Waals surface area contributed by atoms with E-state index in [1.54, 1.807) is 0 Å². The number of benzene rings is 3. The van der Waals surface area contributed by atoms with Crippen LogP contribution in [0, 0.1) is 22.9 Å². The van der Waals surface area contributed by atoms with Crippen LogP contribution in [-0.2, 0) is 5.41 Å². The zero-order chi connectivity index (χ0) is 28.3. The molecular weight excluding hydrogens is 568 g/mol. The van der Waals surface area contributed by atoms with Crippen LogP contribution in [-0.4, -0.2) is 21.5 Å². The number of hydrogen-bond acceptors (Lipinski definition) is 0. The van der Waals surface area contributed by atoms with Gasteiger partial charge < -0.3 is 0 Å². The Morgan fingerprint density at radius 1 is 0.615 bits per heavy atom. The molecule has 39 heavy (non-hydrogen) atoms. The van der Waals surface area contributed by atoms with Crippen LogP contribution >= 0.6 is 15.9 Å². The molecular formula is C36H43BrSi2. The maximum Gasteiger partial charge on any atom is 0.129 e. The van der Waals surface area contributed by atoms with E-state index < -0.39 is 16.1 Å². The molecule has 0 amide bonds. The summed E-state index contributed by atoms with van der Waals surface area (Å²) in [6.07, 6.45) is 6.22. The maximum atomic E-state index is 3.59. The van der Waals surface area contributed by atoms with Gasteiger partial charge in [-0.25, -0.2) is 0 Å². The lowest BCUT2D eigenvalue weighted by Gasteiger charge is -2.28. The van der Waals surface area contributed by atoms with Crippen molar-refractivity contribution >= 4 is 32.1 Å². The molecule has 0 saturated carbocycles. The summed E-state index contributed by atoms with van der Waals surface area (Å²) in [4.78, 5) is 0. The predicted octanol–water partition coefficient (Wildman–Crippen LogP) is 10.4. The summed E-state index contributed by atoms with van der Waals surface area (Å²) in [7, 11) is -2.82. The summed E-state index contributed by atoms with van der Waals surface area (Å²) in [5.74, 6) is 6.92. The Hall–Kier alpha value is -2.31. The van der Waals surface area contributed by atoms with Crippen molar-refractivity contribution in [3.05, 3.63) is 82.9 Å². The van der Waals surface area contributed by atoms with E-state index in [4.69, 9.17) is 0 Å². The highest BCUT2D eigenvalue weighted by Gasteiger charge is 2.39. The molecule has 202 valence electrons. The Morgan fingerprint density at radius 3 is 1.74 bits per heavy atom. The molecule has 0 saturated heterocycles. The number of unbranched alkanes of at least 4 members (excludes halogenated alkanes) is 3. The Labute approximate surface area is 248 Å². The Morgan fingerprint density at radius 2 is 1.13 bits per heavy atom. The van der Waals surface area contributed by atoms with E-state index in [0.717, 1.165) is 22.9 Å². The minimum absolute atomic E-state index is 0.00528. The molecule has 1 aliphatic rings. The first-order valence-electron chi connectivity index (χ1n) is 14.4. The molecule has 1 unspecified atom stereocenters. The van der Waals surface area contributed by atoms with E-state index in [9.17, 15) is 0 Å². The van der Waals surface area contributed by atoms with Crippen LogP contribution in [0.4, 0.5) is 0 Å². The van der Waals surface area contributed by atoms with Gasteiger partial charge in [-0.3, -0.25) is 0 Å². The minimum Gasteiger partial charge on any atom is -0.127 e. The topological polar surface area (TPSA) is 0 Å². The molecule has 0 nitrogen and oxygen atoms in total. The van der Waals surface area contributed by atoms with Crippen molar-refractivity contribution in [1.29, 1.82) is 0 Å². The smallest absolute Gasteiger partial charge is 0.127 e. The summed E-state index contributed by atoms with van der Waals surface area (Å²) in [6, 6.07) is 22.9. The molecule has 3 aromatic rings. The van der Waals surface area contributed by atoms with Gasteiger partial charge >= 0.3 is 0 Å². The van der Waals surface area contributed by atoms with Crippen LogP contribution < -0.4 is 0 Å². The Bertz CT molecular complexity index is 1450. The molecule has 0 fully saturated rings. The first-order chi connectivity index (χ1) is 18.4. The number of halogens is 1. The van der Waals surface area contributed by atoms with E-state index in [-0.39, 0.29) is 5.41 Å². The summed E-state index contributed by atoms with van der Waals surface area (Å²) < 4.78 is 0. The van der Waals surface area contributed by atoms with Crippen molar-refractivity contribution in [1.82, 2.24) is 0 Å². The van der Waals surface area contributed by atoms with Gasteiger partial charge in [0.2, 0.25) is 0 Å². The second kappa shape index (κ2) is 12.1. The van der Waals surface area contributed by atoms with Crippen molar-refractivity contribution in [3.8, 4) is 45.2 Å². The van der Waals surface area contributed by atoms with Crippen molar-refractivity contribution in [2.24, 2.45) is 0 Å². The molecule has 3 aromatic carbocycles. The third-order valence-electron chi connectivity index (χ3n) is 7.46. The first kappa shape index (κ1) is 29.7. The van der Waals surface area contributed by atoms with Gasteiger partial charge in [-0.15, -0.1) is 11.1 Å². The molecule has 0 aromatic heterocycles. The zero-order valence-corrected chi connectivity index (χ0v) is 28.5. The van der Waals surface area contributed by atoms with Gasteiger partial charge in [0.1, 0.15) is 16.1 Å². The molecule has 0 heterocycles. The Balaban J connectivity index is 1.72. The van der Waals surface area contributed by atoms with E-state index >= 15 is 0 Å². The first-order valence-corrected chi connectivity index (χ1v) is 22.5. The van der Waals surface area contributed by atoms with Crippen LogP contribution in [0.1, 0.15) is 61.3 Å². The molecule has 4 rings (SSSR count). The lowest BCUT2D eigenvalue weighted by atomic mass is 9.75. The second-order valence-corrected chi connectivity index (χ2v) is 23.6. The van der Waals surface area contributed by atoms with Gasteiger partial charge in [0, 0.05) is 21.9 Å². The van der Waals surface area contributed by atoms with Gasteiger partial charge in [-0.1, -0.05) is 124 Å². The Kier molecular flexibility index (Phi) is 9.17. The maximum absolute atomic E-state index is 3.59. The van der Waals surface area contributed by atoms with Crippen LogP contribution in [0.3, 0.4) is 0 Å². The minimum atomic E-state index is -1.43. The molecule has 0 radical (unpaired) electrons. The van der Waals surface area contributed by atoms with Crippen molar-refractivity contribution in [2.45, 2.75) is 83.7 Å². The lowest BCUT2D eigenvalue weighted by Crippen LogP contribution is -2.21. The molecule has 3 heteroatoms. The quantitative estimate of drug-likeness (QED) is 0.108. The normalized spacial score (nSPS) is 16.0. The van der Waals surface area contributed by atoms with Crippen LogP contribution in [0.5, 0.6) is 0 Å². The average Bonchev–Trinajstić information content (AvgIpc) is 3.13. The third-order valence-corrected chi connectivity index (χ3v) is 9.77. The van der Waals surface area contributed by atoms with Crippen molar-refractivity contribution in [3.63, 3.8) is 0 Å². The number of hydrogen-bond donors (Lipinski definition) is 0. The van der Waals surface area contributed by atoms with Gasteiger partial charge in [0.05, 0.1) is 0 Å². The second-order valence-electron chi connectivity index (χ2n) is 13.3. The SMILES string of the molecule is CC1(CCCCCCBr)c2cc(C#C[Si](C)(C)C)ccc2-c2ccc(-c3ccc(C#C[Si](C)(C)C)cc3)cc21. The largest absolute Gasteiger partial charge is 0.129 e. The van der Waals surface area contributed by atoms with Crippen LogP contribution in [0.2, 0.25) is 39.3 Å². The number of alkyl halides is 1. The summed E-state index contributed by atoms with van der Waals surface area (Å²) >= 11 is 3.59. The monoisotopic (exact) mass is 610 g/mol. The zero-order valence-electron chi connectivity index (χ0n) is 24.9. The van der Waals surface area contributed by atoms with Gasteiger partial charge in [-0.2, -0.15) is 0 Å². The fourth-order valence-corrected chi connectivity index (χ4v) is 6.77. The fourth-order valence-electron chi connectivity index (χ4n) is 5.33. The number of fused-ring (bicyclic) bond motifs is 3. The molecule has 0 spiro atoms. The highest BCUT2D eigenvalue weighted by Crippen LogP contribution is 2.52. The lowest BCUT2D eigenvalue weighted by molar-refractivity contribution is 0.487. The van der Waals surface area contributed by atoms with Gasteiger partial charge in [0.25, 0.3) is 0 Å². The van der Waals surface area contributed by atoms with Gasteiger partial charge in [-0.05, 0) is 76.6 Å². The predicted molar refractivity (Wildman–Crippen MR) is 181 cm³/mol. The van der Waals surface area contributed by atoms with Crippen molar-refractivity contribution < 1.29 is 0 Å². The molecule has 0 aliphatic heterocycles. The van der Waals surface area contributed by atoms with Crippen LogP contribution in [0.25, 0.3) is 22.3 Å². The molecule has 0 N–H and O–H groups in total.